The summed E-state index contributed by atoms with van der Waals surface area (Å²) < 4.78 is 5.44. The zero-order valence-corrected chi connectivity index (χ0v) is 12.5. The molecule has 4 rings (SSSR count). The second-order valence-electron chi connectivity index (χ2n) is 5.56. The van der Waals surface area contributed by atoms with Gasteiger partial charge in [0.2, 0.25) is 0 Å². The van der Waals surface area contributed by atoms with E-state index in [-0.39, 0.29) is 0 Å². The van der Waals surface area contributed by atoms with Crippen molar-refractivity contribution in [2.45, 2.75) is 23.8 Å². The predicted octanol–water partition coefficient (Wildman–Crippen LogP) is 1.97. The number of nitrogens with one attached hydrogen (secondary N) is 1. The van der Waals surface area contributed by atoms with E-state index in [9.17, 15) is 0 Å². The van der Waals surface area contributed by atoms with Crippen LogP contribution in [-0.4, -0.2) is 46.5 Å². The number of H-pyrrole nitrogens is 1. The van der Waals surface area contributed by atoms with E-state index in [1.807, 2.05) is 12.2 Å². The van der Waals surface area contributed by atoms with Gasteiger partial charge in [-0.05, 0) is 12.8 Å². The molecule has 0 radical (unpaired) electrons. The van der Waals surface area contributed by atoms with Gasteiger partial charge in [-0.25, -0.2) is 9.97 Å². The van der Waals surface area contributed by atoms with Crippen LogP contribution in [0.1, 0.15) is 18.7 Å². The second kappa shape index (κ2) is 4.68. The molecule has 1 aliphatic heterocycles. The Hall–Kier alpha value is -1.66. The number of anilines is 1. The SMILES string of the molecule is CN(c1nc(C2(Cl)C=C2)nc2[nH]ncc12)C1CCOCC1. The highest BCUT2D eigenvalue weighted by atomic mass is 35.5. The van der Waals surface area contributed by atoms with Crippen LogP contribution in [-0.2, 0) is 9.61 Å². The zero-order chi connectivity index (χ0) is 14.4. The van der Waals surface area contributed by atoms with E-state index < -0.39 is 4.87 Å². The Labute approximate surface area is 127 Å². The van der Waals surface area contributed by atoms with Crippen molar-refractivity contribution < 1.29 is 4.74 Å². The number of aromatic amines is 1. The lowest BCUT2D eigenvalue weighted by atomic mass is 10.1. The summed E-state index contributed by atoms with van der Waals surface area (Å²) in [5.41, 5.74) is 0.725. The summed E-state index contributed by atoms with van der Waals surface area (Å²) in [7, 11) is 2.07. The van der Waals surface area contributed by atoms with Crippen LogP contribution < -0.4 is 4.90 Å². The third-order valence-electron chi connectivity index (χ3n) is 4.16. The van der Waals surface area contributed by atoms with Crippen molar-refractivity contribution in [1.29, 1.82) is 0 Å². The number of hydrogen-bond donors (Lipinski definition) is 1. The van der Waals surface area contributed by atoms with Crippen LogP contribution in [0.2, 0.25) is 0 Å². The van der Waals surface area contributed by atoms with Crippen LogP contribution >= 0.6 is 11.6 Å². The first-order valence-electron chi connectivity index (χ1n) is 7.09. The van der Waals surface area contributed by atoms with Crippen LogP contribution in [0, 0.1) is 0 Å². The highest BCUT2D eigenvalue weighted by Crippen LogP contribution is 2.42. The average Bonchev–Trinajstić information content (AvgIpc) is 3.10. The molecule has 1 aliphatic carbocycles. The standard InChI is InChI=1S/C14H16ClN5O/c1-20(9-2-6-21-7-3-9)12-10-8-16-19-11(10)17-13(18-12)14(15)4-5-14/h4-5,8-9H,2-3,6-7H2,1H3,(H,16,17,18,19). The molecule has 1 N–H and O–H groups in total. The lowest BCUT2D eigenvalue weighted by Crippen LogP contribution is -2.37. The maximum Gasteiger partial charge on any atom is 0.161 e. The first-order valence-corrected chi connectivity index (χ1v) is 7.47. The number of ether oxygens (including phenoxy) is 1. The van der Waals surface area contributed by atoms with Crippen LogP contribution in [0.15, 0.2) is 18.3 Å². The molecule has 110 valence electrons. The molecule has 1 saturated heterocycles. The number of rotatable bonds is 3. The molecule has 0 bridgehead atoms. The minimum absolute atomic E-state index is 0.415. The van der Waals surface area contributed by atoms with E-state index in [1.165, 1.54) is 0 Å². The van der Waals surface area contributed by atoms with E-state index in [4.69, 9.17) is 21.3 Å². The molecule has 0 saturated carbocycles. The van der Waals surface area contributed by atoms with Gasteiger partial charge in [0.1, 0.15) is 10.7 Å². The molecule has 2 aliphatic rings. The fraction of sp³-hybridized carbons (Fsp3) is 0.500. The van der Waals surface area contributed by atoms with E-state index in [2.05, 4.69) is 27.1 Å². The number of aromatic nitrogens is 4. The molecule has 3 heterocycles. The largest absolute Gasteiger partial charge is 0.381 e. The quantitative estimate of drug-likeness (QED) is 0.694. The normalized spacial score (nSPS) is 20.9. The predicted molar refractivity (Wildman–Crippen MR) is 80.6 cm³/mol. The molecule has 0 spiro atoms. The van der Waals surface area contributed by atoms with Crippen LogP contribution in [0.5, 0.6) is 0 Å². The second-order valence-corrected chi connectivity index (χ2v) is 6.18. The van der Waals surface area contributed by atoms with Gasteiger partial charge in [0.05, 0.1) is 11.6 Å². The highest BCUT2D eigenvalue weighted by molar-refractivity contribution is 6.29. The minimum atomic E-state index is -0.620. The van der Waals surface area contributed by atoms with Gasteiger partial charge >= 0.3 is 0 Å². The lowest BCUT2D eigenvalue weighted by molar-refractivity contribution is 0.0854. The van der Waals surface area contributed by atoms with Crippen molar-refractivity contribution in [3.8, 4) is 0 Å². The van der Waals surface area contributed by atoms with Crippen molar-refractivity contribution >= 4 is 28.5 Å². The van der Waals surface area contributed by atoms with Crippen molar-refractivity contribution in [3.63, 3.8) is 0 Å². The van der Waals surface area contributed by atoms with Gasteiger partial charge in [-0.2, -0.15) is 5.10 Å². The van der Waals surface area contributed by atoms with Crippen molar-refractivity contribution in [2.75, 3.05) is 25.2 Å². The number of halogens is 1. The first-order chi connectivity index (χ1) is 10.2. The van der Waals surface area contributed by atoms with E-state index in [1.54, 1.807) is 6.20 Å². The van der Waals surface area contributed by atoms with Gasteiger partial charge < -0.3 is 9.64 Å². The number of nitrogens with zero attached hydrogens (tertiary/aromatic N) is 4. The van der Waals surface area contributed by atoms with Crippen LogP contribution in [0.3, 0.4) is 0 Å². The molecule has 7 heteroatoms. The summed E-state index contributed by atoms with van der Waals surface area (Å²) in [6.45, 7) is 1.59. The van der Waals surface area contributed by atoms with Gasteiger partial charge in [-0.3, -0.25) is 5.10 Å². The van der Waals surface area contributed by atoms with Gasteiger partial charge in [-0.15, -0.1) is 11.6 Å². The first kappa shape index (κ1) is 13.0. The fourth-order valence-electron chi connectivity index (χ4n) is 2.73. The summed E-state index contributed by atoms with van der Waals surface area (Å²) in [5.74, 6) is 1.49. The molecule has 21 heavy (non-hydrogen) atoms. The summed E-state index contributed by atoms with van der Waals surface area (Å²) in [6.07, 6.45) is 7.55. The number of allylic oxidation sites excluding steroid dienone is 2. The molecule has 1 fully saturated rings. The number of alkyl halides is 1. The summed E-state index contributed by atoms with van der Waals surface area (Å²) in [5, 5.41) is 7.93. The molecule has 0 aromatic carbocycles. The van der Waals surface area contributed by atoms with E-state index in [0.717, 1.165) is 42.9 Å². The highest BCUT2D eigenvalue weighted by Gasteiger charge is 2.38. The van der Waals surface area contributed by atoms with Gasteiger partial charge in [0, 0.05) is 26.3 Å². The Balaban J connectivity index is 1.77. The monoisotopic (exact) mass is 305 g/mol. The molecule has 0 unspecified atom stereocenters. The zero-order valence-electron chi connectivity index (χ0n) is 11.7. The molecule has 0 amide bonds. The number of hydrogen-bond acceptors (Lipinski definition) is 5. The Morgan fingerprint density at radius 1 is 1.33 bits per heavy atom. The van der Waals surface area contributed by atoms with E-state index >= 15 is 0 Å². The van der Waals surface area contributed by atoms with Crippen LogP contribution in [0.4, 0.5) is 5.82 Å². The van der Waals surface area contributed by atoms with Crippen molar-refractivity contribution in [2.24, 2.45) is 0 Å². The maximum atomic E-state index is 6.39. The summed E-state index contributed by atoms with van der Waals surface area (Å²) in [4.78, 5) is 10.8. The third-order valence-corrected chi connectivity index (χ3v) is 4.59. The molecular formula is C14H16ClN5O. The van der Waals surface area contributed by atoms with Crippen molar-refractivity contribution in [3.05, 3.63) is 24.2 Å². The molecule has 6 nitrogen and oxygen atoms in total. The van der Waals surface area contributed by atoms with Gasteiger partial charge in [-0.1, -0.05) is 12.2 Å². The summed E-state index contributed by atoms with van der Waals surface area (Å²) in [6, 6.07) is 0.415. The molecule has 2 aromatic heterocycles. The fourth-order valence-corrected chi connectivity index (χ4v) is 2.87. The third kappa shape index (κ3) is 2.18. The minimum Gasteiger partial charge on any atom is -0.381 e. The molecule has 0 atom stereocenters. The van der Waals surface area contributed by atoms with Gasteiger partial charge in [0.15, 0.2) is 11.5 Å². The Kier molecular flexibility index (Phi) is 2.90. The van der Waals surface area contributed by atoms with Crippen molar-refractivity contribution in [1.82, 2.24) is 20.2 Å². The Morgan fingerprint density at radius 3 is 2.81 bits per heavy atom. The maximum absolute atomic E-state index is 6.39. The van der Waals surface area contributed by atoms with Gasteiger partial charge in [0.25, 0.3) is 0 Å². The Bertz CT molecular complexity index is 700. The smallest absolute Gasteiger partial charge is 0.161 e. The topological polar surface area (TPSA) is 66.9 Å². The van der Waals surface area contributed by atoms with Crippen LogP contribution in [0.25, 0.3) is 11.0 Å². The average molecular weight is 306 g/mol. The Morgan fingerprint density at radius 2 is 2.10 bits per heavy atom. The van der Waals surface area contributed by atoms with E-state index in [0.29, 0.717) is 11.9 Å². The summed E-state index contributed by atoms with van der Waals surface area (Å²) >= 11 is 6.39. The number of fused-ring (bicyclic) bond motifs is 1. The lowest BCUT2D eigenvalue weighted by Gasteiger charge is -2.32. The molecule has 2 aromatic rings. The molecular weight excluding hydrogens is 290 g/mol.